The van der Waals surface area contributed by atoms with Crippen molar-refractivity contribution in [1.29, 1.82) is 0 Å². The smallest absolute Gasteiger partial charge is 0.225 e. The van der Waals surface area contributed by atoms with Crippen LogP contribution in [0.2, 0.25) is 0 Å². The topological polar surface area (TPSA) is 52.7 Å². The highest BCUT2D eigenvalue weighted by Gasteiger charge is 2.36. The predicted molar refractivity (Wildman–Crippen MR) is 112 cm³/mol. The number of hydrogen-bond acceptors (Lipinski definition) is 3. The quantitative estimate of drug-likeness (QED) is 0.747. The second kappa shape index (κ2) is 10.1. The van der Waals surface area contributed by atoms with Crippen molar-refractivity contribution in [2.24, 2.45) is 5.92 Å². The Morgan fingerprint density at radius 3 is 2.36 bits per heavy atom. The van der Waals surface area contributed by atoms with Crippen molar-refractivity contribution < 1.29 is 9.59 Å². The normalized spacial score (nSPS) is 20.8. The Morgan fingerprint density at radius 2 is 1.71 bits per heavy atom. The molecule has 2 aliphatic heterocycles. The molecule has 5 heteroatoms. The van der Waals surface area contributed by atoms with Gasteiger partial charge in [-0.15, -0.1) is 0 Å². The molecule has 1 aromatic carbocycles. The number of carbonyl (C=O) groups is 2. The third kappa shape index (κ3) is 5.34. The predicted octanol–water partition coefficient (Wildman–Crippen LogP) is 3.33. The molecule has 0 saturated carbocycles. The Bertz CT molecular complexity index is 648. The van der Waals surface area contributed by atoms with Crippen LogP contribution in [0.3, 0.4) is 0 Å². The number of amides is 2. The van der Waals surface area contributed by atoms with Crippen LogP contribution in [0.4, 0.5) is 0 Å². The van der Waals surface area contributed by atoms with E-state index in [0.29, 0.717) is 19.5 Å². The van der Waals surface area contributed by atoms with Gasteiger partial charge in [-0.3, -0.25) is 14.5 Å². The average Bonchev–Trinajstić information content (AvgIpc) is 3.11. The van der Waals surface area contributed by atoms with Gasteiger partial charge in [-0.25, -0.2) is 0 Å². The summed E-state index contributed by atoms with van der Waals surface area (Å²) < 4.78 is 0. The molecule has 0 aliphatic carbocycles. The summed E-state index contributed by atoms with van der Waals surface area (Å²) in [7, 11) is 0. The van der Waals surface area contributed by atoms with Crippen LogP contribution in [0.1, 0.15) is 63.5 Å². The lowest BCUT2D eigenvalue weighted by Gasteiger charge is -2.26. The molecular weight excluding hydrogens is 350 g/mol. The van der Waals surface area contributed by atoms with E-state index < -0.39 is 0 Å². The van der Waals surface area contributed by atoms with Gasteiger partial charge in [0.25, 0.3) is 0 Å². The lowest BCUT2D eigenvalue weighted by molar-refractivity contribution is -0.130. The van der Waals surface area contributed by atoms with Crippen molar-refractivity contribution in [2.45, 2.75) is 71.5 Å². The summed E-state index contributed by atoms with van der Waals surface area (Å²) in [6, 6.07) is 8.82. The highest BCUT2D eigenvalue weighted by Crippen LogP contribution is 2.23. The second-order valence-electron chi connectivity index (χ2n) is 8.29. The fraction of sp³-hybridized carbons (Fsp3) is 0.652. The Balaban J connectivity index is 1.46. The van der Waals surface area contributed by atoms with Gasteiger partial charge in [0.15, 0.2) is 0 Å². The lowest BCUT2D eigenvalue weighted by Crippen LogP contribution is -2.37. The largest absolute Gasteiger partial charge is 0.352 e. The fourth-order valence-electron chi connectivity index (χ4n) is 4.46. The SMILES string of the molecule is CCC(CC)N1CC(C(=O)NCc2ccc(CN3CCCCC3)cc2)CC1=O. The van der Waals surface area contributed by atoms with E-state index in [2.05, 4.69) is 48.3 Å². The molecule has 154 valence electrons. The number of rotatable bonds is 8. The molecule has 0 bridgehead atoms. The van der Waals surface area contributed by atoms with Crippen molar-refractivity contribution in [1.82, 2.24) is 15.1 Å². The first kappa shape index (κ1) is 20.8. The van der Waals surface area contributed by atoms with Gasteiger partial charge < -0.3 is 10.2 Å². The van der Waals surface area contributed by atoms with Crippen LogP contribution >= 0.6 is 0 Å². The maximum Gasteiger partial charge on any atom is 0.225 e. The summed E-state index contributed by atoms with van der Waals surface area (Å²) in [5, 5.41) is 3.03. The average molecular weight is 386 g/mol. The van der Waals surface area contributed by atoms with E-state index in [1.807, 2.05) is 4.90 Å². The molecule has 0 spiro atoms. The number of hydrogen-bond donors (Lipinski definition) is 1. The summed E-state index contributed by atoms with van der Waals surface area (Å²) >= 11 is 0. The minimum absolute atomic E-state index is 0.000741. The highest BCUT2D eigenvalue weighted by molar-refractivity contribution is 5.89. The van der Waals surface area contributed by atoms with Gasteiger partial charge >= 0.3 is 0 Å². The highest BCUT2D eigenvalue weighted by atomic mass is 16.2. The van der Waals surface area contributed by atoms with Gasteiger partial charge in [-0.2, -0.15) is 0 Å². The molecule has 0 aromatic heterocycles. The monoisotopic (exact) mass is 385 g/mol. The number of nitrogens with one attached hydrogen (secondary N) is 1. The van der Waals surface area contributed by atoms with Gasteiger partial charge in [0.1, 0.15) is 0 Å². The van der Waals surface area contributed by atoms with E-state index in [0.717, 1.165) is 24.9 Å². The number of nitrogens with zero attached hydrogens (tertiary/aromatic N) is 2. The zero-order valence-electron chi connectivity index (χ0n) is 17.5. The minimum atomic E-state index is -0.216. The molecular formula is C23H35N3O2. The summed E-state index contributed by atoms with van der Waals surface area (Å²) in [6.07, 6.45) is 6.21. The zero-order valence-corrected chi connectivity index (χ0v) is 17.5. The third-order valence-corrected chi connectivity index (χ3v) is 6.26. The first-order valence-corrected chi connectivity index (χ1v) is 11.0. The molecule has 2 fully saturated rings. The van der Waals surface area contributed by atoms with Crippen LogP contribution < -0.4 is 5.32 Å². The van der Waals surface area contributed by atoms with Crippen LogP contribution in [0.15, 0.2) is 24.3 Å². The summed E-state index contributed by atoms with van der Waals surface area (Å²) in [5.41, 5.74) is 2.44. The van der Waals surface area contributed by atoms with Crippen LogP contribution in [-0.4, -0.2) is 47.3 Å². The Morgan fingerprint density at radius 1 is 1.07 bits per heavy atom. The summed E-state index contributed by atoms with van der Waals surface area (Å²) in [6.45, 7) is 8.71. The fourth-order valence-corrected chi connectivity index (χ4v) is 4.46. The van der Waals surface area contributed by atoms with Crippen molar-refractivity contribution in [3.05, 3.63) is 35.4 Å². The standard InChI is InChI=1S/C23H35N3O2/c1-3-21(4-2)26-17-20(14-22(26)27)23(28)24-15-18-8-10-19(11-9-18)16-25-12-6-5-7-13-25/h8-11,20-21H,3-7,12-17H2,1-2H3,(H,24,28). The molecule has 1 atom stereocenters. The first-order valence-electron chi connectivity index (χ1n) is 11.0. The van der Waals surface area contributed by atoms with Crippen LogP contribution in [0.5, 0.6) is 0 Å². The molecule has 2 saturated heterocycles. The second-order valence-corrected chi connectivity index (χ2v) is 8.29. The molecule has 2 aliphatic rings. The lowest BCUT2D eigenvalue weighted by atomic mass is 10.1. The van der Waals surface area contributed by atoms with Crippen molar-refractivity contribution in [2.75, 3.05) is 19.6 Å². The molecule has 1 N–H and O–H groups in total. The van der Waals surface area contributed by atoms with Gasteiger partial charge in [-0.1, -0.05) is 44.5 Å². The van der Waals surface area contributed by atoms with Gasteiger partial charge in [0.2, 0.25) is 11.8 Å². The van der Waals surface area contributed by atoms with E-state index in [1.54, 1.807) is 0 Å². The minimum Gasteiger partial charge on any atom is -0.352 e. The Hall–Kier alpha value is -1.88. The molecule has 0 radical (unpaired) electrons. The number of benzene rings is 1. The number of piperidine rings is 1. The molecule has 3 rings (SSSR count). The third-order valence-electron chi connectivity index (χ3n) is 6.26. The van der Waals surface area contributed by atoms with Crippen molar-refractivity contribution >= 4 is 11.8 Å². The molecule has 1 unspecified atom stereocenters. The molecule has 1 aromatic rings. The number of likely N-dealkylation sites (tertiary alicyclic amines) is 2. The van der Waals surface area contributed by atoms with E-state index in [1.165, 1.54) is 37.9 Å². The summed E-state index contributed by atoms with van der Waals surface area (Å²) in [5.74, 6) is -0.0958. The van der Waals surface area contributed by atoms with E-state index in [-0.39, 0.29) is 23.8 Å². The summed E-state index contributed by atoms with van der Waals surface area (Å²) in [4.78, 5) is 29.2. The first-order chi connectivity index (χ1) is 13.6. The van der Waals surface area contributed by atoms with Crippen LogP contribution in [-0.2, 0) is 22.7 Å². The van der Waals surface area contributed by atoms with E-state index in [9.17, 15) is 9.59 Å². The van der Waals surface area contributed by atoms with Crippen LogP contribution in [0.25, 0.3) is 0 Å². The Kier molecular flexibility index (Phi) is 7.49. The Labute approximate surface area is 169 Å². The molecule has 5 nitrogen and oxygen atoms in total. The van der Waals surface area contributed by atoms with Crippen LogP contribution in [0, 0.1) is 5.92 Å². The van der Waals surface area contributed by atoms with E-state index in [4.69, 9.17) is 0 Å². The zero-order chi connectivity index (χ0) is 19.9. The van der Waals surface area contributed by atoms with E-state index >= 15 is 0 Å². The van der Waals surface area contributed by atoms with Crippen molar-refractivity contribution in [3.8, 4) is 0 Å². The van der Waals surface area contributed by atoms with Gasteiger partial charge in [0, 0.05) is 32.1 Å². The van der Waals surface area contributed by atoms with Gasteiger partial charge in [0.05, 0.1) is 5.92 Å². The molecule has 2 amide bonds. The molecule has 28 heavy (non-hydrogen) atoms. The number of carbonyl (C=O) groups excluding carboxylic acids is 2. The van der Waals surface area contributed by atoms with Gasteiger partial charge in [-0.05, 0) is 49.9 Å². The maximum atomic E-state index is 12.5. The van der Waals surface area contributed by atoms with Crippen molar-refractivity contribution in [3.63, 3.8) is 0 Å². The maximum absolute atomic E-state index is 12.5. The molecule has 2 heterocycles.